The first-order valence-corrected chi connectivity index (χ1v) is 29.8. The maximum atomic E-state index is 14.9. The number of benzene rings is 1. The van der Waals surface area contributed by atoms with Crippen LogP contribution in [0.2, 0.25) is 0 Å². The number of carbonyl (C=O) groups excluding carboxylic acids is 9. The van der Waals surface area contributed by atoms with E-state index in [2.05, 4.69) is 0 Å². The molecule has 19 nitrogen and oxygen atoms in total. The largest absolute Gasteiger partial charge is 0.379 e. The van der Waals surface area contributed by atoms with E-state index in [9.17, 15) is 43.2 Å². The van der Waals surface area contributed by atoms with Crippen molar-refractivity contribution in [2.75, 3.05) is 88.3 Å². The molecular formula is C62H97N7O12. The highest BCUT2D eigenvalue weighted by atomic mass is 16.7. The van der Waals surface area contributed by atoms with Gasteiger partial charge in [0.25, 0.3) is 17.7 Å². The molecule has 1 saturated carbocycles. The number of hydroxylamine groups is 2. The summed E-state index contributed by atoms with van der Waals surface area (Å²) in [7, 11) is 10.1. The van der Waals surface area contributed by atoms with Crippen LogP contribution in [0.5, 0.6) is 0 Å². The normalized spacial score (nSPS) is 21.7. The fourth-order valence-electron chi connectivity index (χ4n) is 12.7. The van der Waals surface area contributed by atoms with Crippen LogP contribution < -0.4 is 0 Å². The zero-order valence-electron chi connectivity index (χ0n) is 51.1. The van der Waals surface area contributed by atoms with Gasteiger partial charge in [-0.05, 0) is 87.8 Å². The van der Waals surface area contributed by atoms with Crippen molar-refractivity contribution in [1.29, 1.82) is 0 Å². The second kappa shape index (κ2) is 30.8. The SMILES string of the molecule is CC[C@H](C)[C@@H]([C@@H](CC(=O)N1CCC[C@H]1[C@H](OC)[C@@H](C)C(=O)C[C@@]1(C(=O)N2CCCCO2)C[C@@H]1c1ccccc1)OC)N(C)C(=O)[C@@H](CC(=O)[C@H](C(C)C)N(C)CCCC(=O)N(C)CCN(C)C(=O)CCCN1C(=O)C=CC1=O)C(C)C. The van der Waals surface area contributed by atoms with Gasteiger partial charge in [-0.2, -0.15) is 0 Å². The number of likely N-dealkylation sites (N-methyl/N-ethyl adjacent to an activating group) is 4. The molecule has 0 N–H and O–H groups in total. The van der Waals surface area contributed by atoms with Crippen LogP contribution >= 0.6 is 0 Å². The number of Topliss-reactive ketones (excluding diaryl/α,β-unsaturated/α-hetero) is 2. The lowest BCUT2D eigenvalue weighted by Crippen LogP contribution is -2.54. The summed E-state index contributed by atoms with van der Waals surface area (Å²) in [4.78, 5) is 138. The van der Waals surface area contributed by atoms with Crippen molar-refractivity contribution in [2.24, 2.45) is 35.0 Å². The summed E-state index contributed by atoms with van der Waals surface area (Å²) in [6.45, 7) is 16.5. The van der Waals surface area contributed by atoms with E-state index in [0.29, 0.717) is 71.4 Å². The van der Waals surface area contributed by atoms with Crippen molar-refractivity contribution in [3.8, 4) is 0 Å². The van der Waals surface area contributed by atoms with Gasteiger partial charge in [0.1, 0.15) is 5.78 Å². The Morgan fingerprint density at radius 1 is 0.753 bits per heavy atom. The molecule has 3 fully saturated rings. The van der Waals surface area contributed by atoms with Crippen LogP contribution in [0.25, 0.3) is 0 Å². The third-order valence-corrected chi connectivity index (χ3v) is 18.0. The second-order valence-electron chi connectivity index (χ2n) is 24.2. The topological polar surface area (TPSA) is 204 Å². The summed E-state index contributed by atoms with van der Waals surface area (Å²) >= 11 is 0. The van der Waals surface area contributed by atoms with Crippen LogP contribution in [0.4, 0.5) is 0 Å². The quantitative estimate of drug-likeness (QED) is 0.0723. The number of hydrogen-bond acceptors (Lipinski definition) is 13. The van der Waals surface area contributed by atoms with E-state index in [1.54, 1.807) is 45.2 Å². The fourth-order valence-corrected chi connectivity index (χ4v) is 12.7. The standard InChI is InChI=1S/C62H97N7O12/c1-14-43(6)58(51(79-12)38-56(76)67-31-20-25-48(67)59(80-13)44(7)50(71)40-62(61(78)69-33-18-19-36-81-69)39-47(62)45-23-16-15-17-24-45)66(11)60(77)46(41(2)3)37-49(70)57(42(4)5)65(10)30-21-26-52(72)63(8)34-35-64(9)53(73)27-22-32-68-54(74)28-29-55(68)75/h15-17,23-24,28-29,41-44,46-48,51,57-59H,14,18-22,25-27,30-40H2,1-13H3/t43-,44-,46-,47+,48-,51+,57-,58-,59+,62-/m0/s1. The molecule has 0 unspecified atom stereocenters. The van der Waals surface area contributed by atoms with Gasteiger partial charge in [-0.15, -0.1) is 0 Å². The van der Waals surface area contributed by atoms with E-state index in [4.69, 9.17) is 14.3 Å². The van der Waals surface area contributed by atoms with Crippen molar-refractivity contribution in [3.05, 3.63) is 48.0 Å². The fraction of sp³-hybridized carbons (Fsp3) is 0.726. The highest BCUT2D eigenvalue weighted by Gasteiger charge is 2.63. The molecular weight excluding hydrogens is 1030 g/mol. The van der Waals surface area contributed by atoms with Crippen LogP contribution in [0.1, 0.15) is 143 Å². The Morgan fingerprint density at radius 2 is 1.38 bits per heavy atom. The molecule has 5 rings (SSSR count). The number of likely N-dealkylation sites (tertiary alicyclic amines) is 1. The molecule has 0 aromatic heterocycles. The highest BCUT2D eigenvalue weighted by Crippen LogP contribution is 2.63. The van der Waals surface area contributed by atoms with E-state index in [1.807, 2.05) is 95.6 Å². The zero-order valence-corrected chi connectivity index (χ0v) is 51.1. The summed E-state index contributed by atoms with van der Waals surface area (Å²) in [5, 5.41) is 1.47. The summed E-state index contributed by atoms with van der Waals surface area (Å²) in [5.41, 5.74) is 0.104. The minimum Gasteiger partial charge on any atom is -0.379 e. The van der Waals surface area contributed by atoms with E-state index in [1.165, 1.54) is 22.1 Å². The Bertz CT molecular complexity index is 2340. The molecule has 1 aromatic carbocycles. The lowest BCUT2D eigenvalue weighted by Gasteiger charge is -2.41. The number of hydrogen-bond donors (Lipinski definition) is 0. The number of amides is 7. The predicted molar refractivity (Wildman–Crippen MR) is 308 cm³/mol. The molecule has 10 atom stereocenters. The molecule has 19 heteroatoms. The van der Waals surface area contributed by atoms with Gasteiger partial charge in [-0.1, -0.05) is 85.2 Å². The molecule has 2 saturated heterocycles. The van der Waals surface area contributed by atoms with Crippen LogP contribution in [-0.4, -0.2) is 206 Å². The predicted octanol–water partition coefficient (Wildman–Crippen LogP) is 6.18. The van der Waals surface area contributed by atoms with Gasteiger partial charge in [0, 0.05) is 118 Å². The van der Waals surface area contributed by atoms with Crippen LogP contribution in [0.3, 0.4) is 0 Å². The van der Waals surface area contributed by atoms with Crippen LogP contribution in [0, 0.1) is 35.0 Å². The maximum absolute atomic E-state index is 14.9. The first kappa shape index (κ1) is 66.4. The number of ketones is 2. The lowest BCUT2D eigenvalue weighted by molar-refractivity contribution is -0.203. The summed E-state index contributed by atoms with van der Waals surface area (Å²) < 4.78 is 12.3. The summed E-state index contributed by atoms with van der Waals surface area (Å²) in [6, 6.07) is 8.45. The third-order valence-electron chi connectivity index (χ3n) is 18.0. The van der Waals surface area contributed by atoms with Crippen LogP contribution in [-0.2, 0) is 57.5 Å². The number of rotatable bonds is 33. The minimum atomic E-state index is -0.917. The molecule has 3 aliphatic heterocycles. The summed E-state index contributed by atoms with van der Waals surface area (Å²) in [6.07, 6.45) is 6.72. The van der Waals surface area contributed by atoms with E-state index >= 15 is 0 Å². The number of imide groups is 1. The Hall–Kier alpha value is -5.37. The highest BCUT2D eigenvalue weighted by molar-refractivity contribution is 6.12. The van der Waals surface area contributed by atoms with E-state index in [-0.39, 0.29) is 115 Å². The number of nitrogens with zero attached hydrogens (tertiary/aromatic N) is 7. The molecule has 81 heavy (non-hydrogen) atoms. The van der Waals surface area contributed by atoms with E-state index < -0.39 is 47.6 Å². The average molecular weight is 1130 g/mol. The van der Waals surface area contributed by atoms with Crippen molar-refractivity contribution in [3.63, 3.8) is 0 Å². The molecule has 1 aromatic rings. The van der Waals surface area contributed by atoms with Crippen molar-refractivity contribution in [2.45, 2.75) is 168 Å². The molecule has 452 valence electrons. The third kappa shape index (κ3) is 16.9. The Kier molecular flexibility index (Phi) is 25.3. The maximum Gasteiger partial charge on any atom is 0.253 e. The Labute approximate surface area is 482 Å². The number of methoxy groups -OCH3 is 2. The lowest BCUT2D eigenvalue weighted by atomic mass is 9.83. The molecule has 4 aliphatic rings. The molecule has 0 spiro atoms. The van der Waals surface area contributed by atoms with E-state index in [0.717, 1.165) is 29.7 Å². The van der Waals surface area contributed by atoms with Gasteiger partial charge < -0.3 is 29.1 Å². The zero-order chi connectivity index (χ0) is 59.9. The number of carbonyl (C=O) groups is 9. The van der Waals surface area contributed by atoms with Gasteiger partial charge >= 0.3 is 0 Å². The average Bonchev–Trinajstić information content (AvgIpc) is 4.07. The smallest absolute Gasteiger partial charge is 0.253 e. The molecule has 3 heterocycles. The monoisotopic (exact) mass is 1130 g/mol. The molecule has 1 aliphatic carbocycles. The molecule has 7 amide bonds. The van der Waals surface area contributed by atoms with Crippen molar-refractivity contribution in [1.82, 2.24) is 34.5 Å². The van der Waals surface area contributed by atoms with Crippen molar-refractivity contribution < 1.29 is 57.5 Å². The van der Waals surface area contributed by atoms with Crippen molar-refractivity contribution >= 4 is 52.9 Å². The Morgan fingerprint density at radius 3 is 1.94 bits per heavy atom. The van der Waals surface area contributed by atoms with Gasteiger partial charge in [-0.3, -0.25) is 57.8 Å². The first-order chi connectivity index (χ1) is 38.4. The van der Waals surface area contributed by atoms with Gasteiger partial charge in [0.2, 0.25) is 23.6 Å². The van der Waals surface area contributed by atoms with Gasteiger partial charge in [-0.25, -0.2) is 5.06 Å². The van der Waals surface area contributed by atoms with Gasteiger partial charge in [0.05, 0.1) is 48.8 Å². The summed E-state index contributed by atoms with van der Waals surface area (Å²) in [5.74, 6) is -3.41. The minimum absolute atomic E-state index is 0.0104. The first-order valence-electron chi connectivity index (χ1n) is 29.8. The Balaban J connectivity index is 1.17. The molecule has 0 radical (unpaired) electrons. The van der Waals surface area contributed by atoms with Gasteiger partial charge in [0.15, 0.2) is 5.78 Å². The van der Waals surface area contributed by atoms with Crippen LogP contribution in [0.15, 0.2) is 42.5 Å². The molecule has 0 bridgehead atoms. The number of ether oxygens (including phenoxy) is 2. The second-order valence-corrected chi connectivity index (χ2v) is 24.2.